The summed E-state index contributed by atoms with van der Waals surface area (Å²) < 4.78 is 23.4. The Labute approximate surface area is 138 Å². The first kappa shape index (κ1) is 16.4. The first-order chi connectivity index (χ1) is 11.5. The molecule has 0 aliphatic carbocycles. The molecule has 1 aliphatic rings. The first-order valence-corrected chi connectivity index (χ1v) is 7.77. The number of hydrogen-bond donors (Lipinski definition) is 1. The van der Waals surface area contributed by atoms with Gasteiger partial charge in [-0.05, 0) is 31.2 Å². The van der Waals surface area contributed by atoms with Gasteiger partial charge in [0.05, 0.1) is 11.8 Å². The van der Waals surface area contributed by atoms with E-state index in [1.165, 1.54) is 24.3 Å². The van der Waals surface area contributed by atoms with Crippen molar-refractivity contribution in [3.05, 3.63) is 47.6 Å². The fourth-order valence-corrected chi connectivity index (χ4v) is 2.80. The summed E-state index contributed by atoms with van der Waals surface area (Å²) in [6.07, 6.45) is -0.0740. The second-order valence-corrected chi connectivity index (χ2v) is 6.01. The average molecular weight is 334 g/mol. The van der Waals surface area contributed by atoms with Crippen molar-refractivity contribution in [2.45, 2.75) is 19.4 Å². The summed E-state index contributed by atoms with van der Waals surface area (Å²) in [6.45, 7) is 2.39. The fraction of sp³-hybridized carbons (Fsp3) is 0.412. The third kappa shape index (κ3) is 3.91. The molecule has 6 nitrogen and oxygen atoms in total. The van der Waals surface area contributed by atoms with Crippen molar-refractivity contribution in [1.29, 1.82) is 0 Å². The second-order valence-electron chi connectivity index (χ2n) is 6.01. The monoisotopic (exact) mass is 334 g/mol. The Morgan fingerprint density at radius 3 is 2.83 bits per heavy atom. The largest absolute Gasteiger partial charge is 0.484 e. The summed E-state index contributed by atoms with van der Waals surface area (Å²) >= 11 is 0. The van der Waals surface area contributed by atoms with Crippen LogP contribution in [0.3, 0.4) is 0 Å². The number of aromatic nitrogens is 1. The van der Waals surface area contributed by atoms with Crippen molar-refractivity contribution in [2.75, 3.05) is 19.7 Å². The van der Waals surface area contributed by atoms with Gasteiger partial charge in [0.25, 0.3) is 5.91 Å². The predicted octanol–water partition coefficient (Wildman–Crippen LogP) is 1.56. The van der Waals surface area contributed by atoms with Gasteiger partial charge in [0.2, 0.25) is 0 Å². The summed E-state index contributed by atoms with van der Waals surface area (Å²) in [4.78, 5) is 13.8. The van der Waals surface area contributed by atoms with E-state index in [-0.39, 0.29) is 30.8 Å². The van der Waals surface area contributed by atoms with Gasteiger partial charge >= 0.3 is 0 Å². The molecule has 2 aromatic rings. The van der Waals surface area contributed by atoms with Crippen molar-refractivity contribution >= 4 is 5.91 Å². The quantitative estimate of drug-likeness (QED) is 0.898. The minimum atomic E-state index is -0.606. The maximum Gasteiger partial charge on any atom is 0.260 e. The number of ether oxygens (including phenoxy) is 1. The summed E-state index contributed by atoms with van der Waals surface area (Å²) in [5.74, 6) is 0.468. The van der Waals surface area contributed by atoms with Crippen LogP contribution < -0.4 is 4.74 Å². The third-order valence-corrected chi connectivity index (χ3v) is 4.08. The Kier molecular flexibility index (Phi) is 4.80. The number of aliphatic hydroxyl groups is 1. The molecule has 3 rings (SSSR count). The molecule has 7 heteroatoms. The molecule has 1 fully saturated rings. The van der Waals surface area contributed by atoms with Gasteiger partial charge in [0, 0.05) is 31.5 Å². The van der Waals surface area contributed by atoms with Crippen molar-refractivity contribution in [2.24, 2.45) is 5.92 Å². The highest BCUT2D eigenvalue weighted by Crippen LogP contribution is 2.22. The standard InChI is InChI=1S/C17H19FN2O4/c1-11-6-15(24-19-11)7-12-8-20(9-16(12)21)17(22)10-23-14-4-2-13(18)3-5-14/h2-6,12,16,21H,7-10H2,1H3/t12-,16+/m1/s1. The van der Waals surface area contributed by atoms with E-state index < -0.39 is 6.10 Å². The van der Waals surface area contributed by atoms with Gasteiger partial charge in [0.1, 0.15) is 17.3 Å². The molecule has 1 saturated heterocycles. The number of carbonyl (C=O) groups is 1. The fourth-order valence-electron chi connectivity index (χ4n) is 2.80. The summed E-state index contributed by atoms with van der Waals surface area (Å²) in [5, 5.41) is 14.0. The van der Waals surface area contributed by atoms with E-state index >= 15 is 0 Å². The van der Waals surface area contributed by atoms with Crippen LogP contribution in [0.2, 0.25) is 0 Å². The van der Waals surface area contributed by atoms with Crippen molar-refractivity contribution in [1.82, 2.24) is 10.1 Å². The number of rotatable bonds is 5. The summed E-state index contributed by atoms with van der Waals surface area (Å²) in [7, 11) is 0. The van der Waals surface area contributed by atoms with E-state index in [4.69, 9.17) is 9.26 Å². The van der Waals surface area contributed by atoms with Crippen molar-refractivity contribution < 1.29 is 23.6 Å². The van der Waals surface area contributed by atoms with Gasteiger partial charge in [-0.1, -0.05) is 5.16 Å². The summed E-state index contributed by atoms with van der Waals surface area (Å²) in [6, 6.07) is 7.31. The number of aliphatic hydroxyl groups excluding tert-OH is 1. The molecule has 0 radical (unpaired) electrons. The molecule has 24 heavy (non-hydrogen) atoms. The molecule has 1 aromatic carbocycles. The third-order valence-electron chi connectivity index (χ3n) is 4.08. The lowest BCUT2D eigenvalue weighted by Gasteiger charge is -2.16. The summed E-state index contributed by atoms with van der Waals surface area (Å²) in [5.41, 5.74) is 0.790. The van der Waals surface area contributed by atoms with Crippen LogP contribution in [0.1, 0.15) is 11.5 Å². The molecule has 0 spiro atoms. The van der Waals surface area contributed by atoms with Gasteiger partial charge in [-0.2, -0.15) is 0 Å². The van der Waals surface area contributed by atoms with E-state index in [1.54, 1.807) is 4.90 Å². The Bertz CT molecular complexity index is 701. The average Bonchev–Trinajstić information content (AvgIpc) is 3.13. The van der Waals surface area contributed by atoms with E-state index in [1.807, 2.05) is 13.0 Å². The maximum atomic E-state index is 12.8. The van der Waals surface area contributed by atoms with Crippen LogP contribution >= 0.6 is 0 Å². The zero-order valence-electron chi connectivity index (χ0n) is 13.3. The lowest BCUT2D eigenvalue weighted by Crippen LogP contribution is -2.33. The zero-order valence-corrected chi connectivity index (χ0v) is 13.3. The maximum absolute atomic E-state index is 12.8. The van der Waals surface area contributed by atoms with E-state index in [0.717, 1.165) is 5.69 Å². The second kappa shape index (κ2) is 7.00. The predicted molar refractivity (Wildman–Crippen MR) is 82.9 cm³/mol. The molecule has 0 bridgehead atoms. The molecule has 2 heterocycles. The van der Waals surface area contributed by atoms with E-state index in [2.05, 4.69) is 5.16 Å². The van der Waals surface area contributed by atoms with Crippen molar-refractivity contribution in [3.63, 3.8) is 0 Å². The number of amides is 1. The highest BCUT2D eigenvalue weighted by atomic mass is 19.1. The van der Waals surface area contributed by atoms with Gasteiger partial charge in [-0.25, -0.2) is 4.39 Å². The molecule has 128 valence electrons. The Hall–Kier alpha value is -2.41. The first-order valence-electron chi connectivity index (χ1n) is 7.77. The molecule has 1 aromatic heterocycles. The molecule has 0 unspecified atom stereocenters. The molecule has 1 amide bonds. The number of aryl methyl sites for hydroxylation is 1. The minimum Gasteiger partial charge on any atom is -0.484 e. The highest BCUT2D eigenvalue weighted by molar-refractivity contribution is 5.78. The molecule has 1 N–H and O–H groups in total. The highest BCUT2D eigenvalue weighted by Gasteiger charge is 2.34. The van der Waals surface area contributed by atoms with Crippen LogP contribution in [0.4, 0.5) is 4.39 Å². The minimum absolute atomic E-state index is 0.0906. The van der Waals surface area contributed by atoms with Crippen LogP contribution in [-0.2, 0) is 11.2 Å². The zero-order chi connectivity index (χ0) is 17.1. The Morgan fingerprint density at radius 1 is 1.42 bits per heavy atom. The van der Waals surface area contributed by atoms with Crippen LogP contribution in [0, 0.1) is 18.7 Å². The van der Waals surface area contributed by atoms with Crippen molar-refractivity contribution in [3.8, 4) is 5.75 Å². The molecule has 0 saturated carbocycles. The number of hydrogen-bond acceptors (Lipinski definition) is 5. The molecular formula is C17H19FN2O4. The Morgan fingerprint density at radius 2 is 2.17 bits per heavy atom. The van der Waals surface area contributed by atoms with Crippen LogP contribution in [0.5, 0.6) is 5.75 Å². The topological polar surface area (TPSA) is 75.8 Å². The normalized spacial score (nSPS) is 20.4. The lowest BCUT2D eigenvalue weighted by atomic mass is 10.0. The number of likely N-dealkylation sites (tertiary alicyclic amines) is 1. The lowest BCUT2D eigenvalue weighted by molar-refractivity contribution is -0.132. The number of halogens is 1. The van der Waals surface area contributed by atoms with Gasteiger partial charge in [-0.3, -0.25) is 4.79 Å². The molecular weight excluding hydrogens is 315 g/mol. The smallest absolute Gasteiger partial charge is 0.260 e. The van der Waals surface area contributed by atoms with Gasteiger partial charge in [-0.15, -0.1) is 0 Å². The number of carbonyl (C=O) groups excluding carboxylic acids is 1. The SMILES string of the molecule is Cc1cc(C[C@@H]2CN(C(=O)COc3ccc(F)cc3)C[C@@H]2O)on1. The Balaban J connectivity index is 1.51. The molecule has 2 atom stereocenters. The van der Waals surface area contributed by atoms with Crippen LogP contribution in [0.25, 0.3) is 0 Å². The van der Waals surface area contributed by atoms with E-state index in [9.17, 15) is 14.3 Å². The van der Waals surface area contributed by atoms with Crippen LogP contribution in [-0.4, -0.2) is 46.9 Å². The number of nitrogens with zero attached hydrogens (tertiary/aromatic N) is 2. The van der Waals surface area contributed by atoms with E-state index in [0.29, 0.717) is 24.5 Å². The van der Waals surface area contributed by atoms with Gasteiger partial charge < -0.3 is 19.3 Å². The van der Waals surface area contributed by atoms with Crippen LogP contribution in [0.15, 0.2) is 34.9 Å². The van der Waals surface area contributed by atoms with Gasteiger partial charge in [0.15, 0.2) is 6.61 Å². The molecule has 1 aliphatic heterocycles. The number of benzene rings is 1. The number of β-amino-alcohol motifs (C(OH)–C–C–N with tert-alkyl or cyclic N) is 1.